The van der Waals surface area contributed by atoms with E-state index in [1.807, 2.05) is 22.6 Å². The summed E-state index contributed by atoms with van der Waals surface area (Å²) < 4.78 is 19.3. The number of hydrogen-bond donors (Lipinski definition) is 0. The van der Waals surface area contributed by atoms with Crippen molar-refractivity contribution in [1.29, 1.82) is 0 Å². The minimum absolute atomic E-state index is 0.167. The topological polar surface area (TPSA) is 78.9 Å². The standard InChI is InChI=1S/C30H31N3O4Si/c1-30(2,3)38(24-11-7-5-8-12-24,25-13-9-6-10-14-25)37-20-26-27(17-23-19-36-21-31-23)33-18-22(29(34)35-4)15-16-28(33)32-26/h5-16,18-19,21H,17,20H2,1-4H3. The number of pyridine rings is 1. The minimum Gasteiger partial charge on any atom is -0.465 e. The molecule has 194 valence electrons. The van der Waals surface area contributed by atoms with Crippen LogP contribution in [0.4, 0.5) is 0 Å². The molecular weight excluding hydrogens is 494 g/mol. The fourth-order valence-electron chi connectivity index (χ4n) is 5.12. The highest BCUT2D eigenvalue weighted by Gasteiger charge is 2.50. The highest BCUT2D eigenvalue weighted by molar-refractivity contribution is 6.99. The summed E-state index contributed by atoms with van der Waals surface area (Å²) in [5.41, 5.74) is 3.61. The Morgan fingerprint density at radius 1 is 0.974 bits per heavy atom. The smallest absolute Gasteiger partial charge is 0.339 e. The van der Waals surface area contributed by atoms with Crippen LogP contribution < -0.4 is 10.4 Å². The van der Waals surface area contributed by atoms with Crippen LogP contribution in [0.15, 0.2) is 96.1 Å². The van der Waals surface area contributed by atoms with Crippen LogP contribution in [0.25, 0.3) is 5.65 Å². The SMILES string of the molecule is COC(=O)c1ccc2nc(CO[Si](c3ccccc3)(c3ccccc3)C(C)(C)C)c(Cc3cocn3)n2c1. The molecule has 5 rings (SSSR count). The molecule has 38 heavy (non-hydrogen) atoms. The first kappa shape index (κ1) is 25.6. The van der Waals surface area contributed by atoms with Crippen molar-refractivity contribution >= 4 is 30.3 Å². The van der Waals surface area contributed by atoms with Crippen molar-refractivity contribution < 1.29 is 18.4 Å². The molecule has 0 aliphatic rings. The number of rotatable bonds is 8. The summed E-state index contributed by atoms with van der Waals surface area (Å²) in [4.78, 5) is 21.5. The van der Waals surface area contributed by atoms with Crippen LogP contribution in [-0.2, 0) is 22.2 Å². The number of fused-ring (bicyclic) bond motifs is 1. The van der Waals surface area contributed by atoms with Gasteiger partial charge in [-0.3, -0.25) is 0 Å². The van der Waals surface area contributed by atoms with Crippen LogP contribution in [0.3, 0.4) is 0 Å². The first-order valence-corrected chi connectivity index (χ1v) is 14.4. The Hall–Kier alpha value is -4.01. The predicted molar refractivity (Wildman–Crippen MR) is 148 cm³/mol. The summed E-state index contributed by atoms with van der Waals surface area (Å²) in [6.07, 6.45) is 5.27. The lowest BCUT2D eigenvalue weighted by Gasteiger charge is -2.43. The average Bonchev–Trinajstić information content (AvgIpc) is 3.57. The molecule has 2 aromatic carbocycles. The van der Waals surface area contributed by atoms with Crippen molar-refractivity contribution in [3.63, 3.8) is 0 Å². The lowest BCUT2D eigenvalue weighted by Crippen LogP contribution is -2.66. The van der Waals surface area contributed by atoms with Gasteiger partial charge in [-0.05, 0) is 27.5 Å². The van der Waals surface area contributed by atoms with Gasteiger partial charge in [-0.2, -0.15) is 0 Å². The van der Waals surface area contributed by atoms with E-state index >= 15 is 0 Å². The molecule has 0 bridgehead atoms. The molecule has 0 spiro atoms. The first-order valence-electron chi connectivity index (χ1n) is 12.5. The second-order valence-electron chi connectivity index (χ2n) is 10.3. The molecule has 7 nitrogen and oxygen atoms in total. The number of benzene rings is 2. The summed E-state index contributed by atoms with van der Waals surface area (Å²) in [6, 6.07) is 24.6. The number of carbonyl (C=O) groups excluding carboxylic acids is 1. The second kappa shape index (κ2) is 10.4. The summed E-state index contributed by atoms with van der Waals surface area (Å²) in [6.45, 7) is 7.06. The number of imidazole rings is 1. The fraction of sp³-hybridized carbons (Fsp3) is 0.233. The van der Waals surface area contributed by atoms with Crippen molar-refractivity contribution in [3.8, 4) is 0 Å². The van der Waals surface area contributed by atoms with Gasteiger partial charge in [0.05, 0.1) is 36.4 Å². The number of hydrogen-bond acceptors (Lipinski definition) is 6. The van der Waals surface area contributed by atoms with Gasteiger partial charge in [0.2, 0.25) is 0 Å². The molecule has 3 aromatic heterocycles. The van der Waals surface area contributed by atoms with Gasteiger partial charge >= 0.3 is 5.97 Å². The highest BCUT2D eigenvalue weighted by atomic mass is 28.4. The van der Waals surface area contributed by atoms with Crippen molar-refractivity contribution in [1.82, 2.24) is 14.4 Å². The normalized spacial score (nSPS) is 12.1. The van der Waals surface area contributed by atoms with Crippen molar-refractivity contribution in [2.45, 2.75) is 38.8 Å². The number of ether oxygens (including phenoxy) is 1. The van der Waals surface area contributed by atoms with Gasteiger partial charge in [0.25, 0.3) is 8.32 Å². The number of oxazole rings is 1. The molecule has 8 heteroatoms. The van der Waals surface area contributed by atoms with E-state index in [-0.39, 0.29) is 5.04 Å². The van der Waals surface area contributed by atoms with E-state index < -0.39 is 14.3 Å². The molecule has 0 saturated heterocycles. The zero-order valence-corrected chi connectivity index (χ0v) is 23.0. The van der Waals surface area contributed by atoms with E-state index in [9.17, 15) is 4.79 Å². The van der Waals surface area contributed by atoms with Crippen LogP contribution in [0.2, 0.25) is 5.04 Å². The molecule has 0 aliphatic carbocycles. The third-order valence-electron chi connectivity index (χ3n) is 6.90. The molecule has 0 radical (unpaired) electrons. The third kappa shape index (κ3) is 4.68. The van der Waals surface area contributed by atoms with Gasteiger partial charge in [0.1, 0.15) is 11.9 Å². The van der Waals surface area contributed by atoms with Crippen LogP contribution in [-0.4, -0.2) is 35.8 Å². The Balaban J connectivity index is 1.63. The van der Waals surface area contributed by atoms with Gasteiger partial charge < -0.3 is 18.0 Å². The van der Waals surface area contributed by atoms with E-state index in [0.717, 1.165) is 22.7 Å². The quantitative estimate of drug-likeness (QED) is 0.214. The largest absolute Gasteiger partial charge is 0.465 e. The summed E-state index contributed by atoms with van der Waals surface area (Å²) in [5, 5.41) is 2.24. The monoisotopic (exact) mass is 525 g/mol. The predicted octanol–water partition coefficient (Wildman–Crippen LogP) is 4.78. The highest BCUT2D eigenvalue weighted by Crippen LogP contribution is 2.37. The average molecular weight is 526 g/mol. The van der Waals surface area contributed by atoms with Crippen molar-refractivity contribution in [3.05, 3.63) is 114 Å². The zero-order valence-electron chi connectivity index (χ0n) is 22.0. The second-order valence-corrected chi connectivity index (χ2v) is 14.6. The Bertz CT molecular complexity index is 1490. The van der Waals surface area contributed by atoms with E-state index in [2.05, 4.69) is 74.3 Å². The van der Waals surface area contributed by atoms with Crippen LogP contribution in [0.5, 0.6) is 0 Å². The molecule has 0 amide bonds. The third-order valence-corrected chi connectivity index (χ3v) is 11.9. The lowest BCUT2D eigenvalue weighted by molar-refractivity contribution is 0.0600. The van der Waals surface area contributed by atoms with Crippen molar-refractivity contribution in [2.24, 2.45) is 0 Å². The van der Waals surface area contributed by atoms with E-state index in [4.69, 9.17) is 18.6 Å². The number of carbonyl (C=O) groups is 1. The molecule has 3 heterocycles. The molecule has 0 atom stereocenters. The Labute approximate surface area is 223 Å². The molecule has 0 unspecified atom stereocenters. The van der Waals surface area contributed by atoms with Gasteiger partial charge in [-0.1, -0.05) is 81.4 Å². The van der Waals surface area contributed by atoms with Gasteiger partial charge in [0.15, 0.2) is 6.39 Å². The molecular formula is C30H31N3O4Si. The van der Waals surface area contributed by atoms with Crippen molar-refractivity contribution in [2.75, 3.05) is 7.11 Å². The number of aromatic nitrogens is 3. The van der Waals surface area contributed by atoms with E-state index in [1.54, 1.807) is 18.5 Å². The molecule has 5 aromatic rings. The summed E-state index contributed by atoms with van der Waals surface area (Å²) in [7, 11) is -1.40. The summed E-state index contributed by atoms with van der Waals surface area (Å²) in [5.74, 6) is -0.405. The minimum atomic E-state index is -2.78. The molecule has 0 fully saturated rings. The Morgan fingerprint density at radius 2 is 1.63 bits per heavy atom. The van der Waals surface area contributed by atoms with Crippen LogP contribution >= 0.6 is 0 Å². The molecule has 0 aliphatic heterocycles. The number of methoxy groups -OCH3 is 1. The summed E-state index contributed by atoms with van der Waals surface area (Å²) >= 11 is 0. The lowest BCUT2D eigenvalue weighted by atomic mass is 10.2. The maximum atomic E-state index is 12.3. The maximum Gasteiger partial charge on any atom is 0.339 e. The Morgan fingerprint density at radius 3 is 2.18 bits per heavy atom. The van der Waals surface area contributed by atoms with Crippen LogP contribution in [0.1, 0.15) is 48.2 Å². The molecule has 0 saturated carbocycles. The van der Waals surface area contributed by atoms with Crippen LogP contribution in [0, 0.1) is 0 Å². The maximum absolute atomic E-state index is 12.3. The zero-order chi connectivity index (χ0) is 26.8. The van der Waals surface area contributed by atoms with Gasteiger partial charge in [-0.15, -0.1) is 0 Å². The molecule has 0 N–H and O–H groups in total. The number of nitrogens with zero attached hydrogens (tertiary/aromatic N) is 3. The number of esters is 1. The Kier molecular flexibility index (Phi) is 7.01. The van der Waals surface area contributed by atoms with E-state index in [0.29, 0.717) is 18.6 Å². The van der Waals surface area contributed by atoms with E-state index in [1.165, 1.54) is 23.9 Å². The van der Waals surface area contributed by atoms with Gasteiger partial charge in [-0.25, -0.2) is 14.8 Å². The first-order chi connectivity index (χ1) is 18.3. The fourth-order valence-corrected chi connectivity index (χ4v) is 9.63. The van der Waals surface area contributed by atoms with Gasteiger partial charge in [0, 0.05) is 12.6 Å².